The van der Waals surface area contributed by atoms with Crippen LogP contribution in [0.25, 0.3) is 0 Å². The third kappa shape index (κ3) is 4.71. The van der Waals surface area contributed by atoms with Crippen molar-refractivity contribution < 1.29 is 14.5 Å². The minimum atomic E-state index is -0.458. The van der Waals surface area contributed by atoms with Gasteiger partial charge < -0.3 is 14.7 Å². The molecule has 1 saturated heterocycles. The smallest absolute Gasteiger partial charge is 0.293 e. The molecular weight excluding hydrogens is 372 g/mol. The number of nitro groups is 1. The third-order valence-electron chi connectivity index (χ3n) is 5.09. The van der Waals surface area contributed by atoms with Crippen LogP contribution >= 0.6 is 0 Å². The van der Waals surface area contributed by atoms with E-state index in [2.05, 4.69) is 0 Å². The molecule has 0 radical (unpaired) electrons. The van der Waals surface area contributed by atoms with Crippen LogP contribution < -0.4 is 4.90 Å². The summed E-state index contributed by atoms with van der Waals surface area (Å²) in [5.74, 6) is -0.272. The maximum absolute atomic E-state index is 12.8. The summed E-state index contributed by atoms with van der Waals surface area (Å²) in [4.78, 5) is 40.6. The van der Waals surface area contributed by atoms with Gasteiger partial charge in [0.05, 0.1) is 4.92 Å². The number of amides is 2. The number of piperazine rings is 1. The lowest BCUT2D eigenvalue weighted by atomic mass is 10.1. The molecule has 0 bridgehead atoms. The minimum Gasteiger partial charge on any atom is -0.362 e. The van der Waals surface area contributed by atoms with Gasteiger partial charge in [-0.1, -0.05) is 30.3 Å². The number of anilines is 1. The van der Waals surface area contributed by atoms with E-state index in [0.29, 0.717) is 38.4 Å². The van der Waals surface area contributed by atoms with Crippen molar-refractivity contribution in [2.75, 3.05) is 38.1 Å². The van der Waals surface area contributed by atoms with Gasteiger partial charge in [-0.05, 0) is 17.7 Å². The van der Waals surface area contributed by atoms with E-state index < -0.39 is 4.92 Å². The highest BCUT2D eigenvalue weighted by molar-refractivity contribution is 5.95. The van der Waals surface area contributed by atoms with E-state index in [1.54, 1.807) is 29.0 Å². The number of rotatable bonds is 5. The molecule has 1 aliphatic rings. The fourth-order valence-corrected chi connectivity index (χ4v) is 3.48. The summed E-state index contributed by atoms with van der Waals surface area (Å²) in [6.07, 6.45) is 0. The van der Waals surface area contributed by atoms with Gasteiger partial charge in [-0.2, -0.15) is 0 Å². The third-order valence-corrected chi connectivity index (χ3v) is 5.09. The van der Waals surface area contributed by atoms with Crippen molar-refractivity contribution in [2.24, 2.45) is 0 Å². The van der Waals surface area contributed by atoms with Gasteiger partial charge in [0.15, 0.2) is 0 Å². The molecule has 0 unspecified atom stereocenters. The van der Waals surface area contributed by atoms with Gasteiger partial charge >= 0.3 is 0 Å². The first-order chi connectivity index (χ1) is 13.9. The summed E-state index contributed by atoms with van der Waals surface area (Å²) in [5.41, 5.74) is 1.64. The Hall–Kier alpha value is -3.42. The Balaban J connectivity index is 1.78. The molecule has 8 nitrogen and oxygen atoms in total. The number of hydrogen-bond acceptors (Lipinski definition) is 5. The average molecular weight is 396 g/mol. The number of nitrogens with zero attached hydrogens (tertiary/aromatic N) is 4. The molecule has 0 spiro atoms. The number of nitro benzene ring substituents is 1. The van der Waals surface area contributed by atoms with E-state index in [1.165, 1.54) is 13.0 Å². The number of carbonyl (C=O) groups is 2. The number of carbonyl (C=O) groups excluding carboxylic acids is 2. The predicted molar refractivity (Wildman–Crippen MR) is 110 cm³/mol. The fourth-order valence-electron chi connectivity index (χ4n) is 3.48. The fraction of sp³-hybridized carbons (Fsp3) is 0.333. The Bertz CT molecular complexity index is 908. The van der Waals surface area contributed by atoms with Gasteiger partial charge in [0, 0.05) is 58.3 Å². The summed E-state index contributed by atoms with van der Waals surface area (Å²) < 4.78 is 0. The molecular formula is C21H24N4O4. The van der Waals surface area contributed by atoms with Crippen molar-refractivity contribution >= 4 is 23.2 Å². The molecule has 29 heavy (non-hydrogen) atoms. The lowest BCUT2D eigenvalue weighted by molar-refractivity contribution is -0.384. The summed E-state index contributed by atoms with van der Waals surface area (Å²) in [5, 5.41) is 11.7. The average Bonchev–Trinajstić information content (AvgIpc) is 2.73. The first-order valence-corrected chi connectivity index (χ1v) is 9.45. The van der Waals surface area contributed by atoms with Crippen molar-refractivity contribution in [1.82, 2.24) is 9.80 Å². The highest BCUT2D eigenvalue weighted by Crippen LogP contribution is 2.30. The van der Waals surface area contributed by atoms with Gasteiger partial charge in [-0.3, -0.25) is 19.7 Å². The molecule has 152 valence electrons. The van der Waals surface area contributed by atoms with E-state index in [1.807, 2.05) is 35.2 Å². The van der Waals surface area contributed by atoms with Crippen LogP contribution in [-0.4, -0.2) is 59.8 Å². The topological polar surface area (TPSA) is 87.0 Å². The first kappa shape index (κ1) is 20.3. The molecule has 1 aliphatic heterocycles. The van der Waals surface area contributed by atoms with Crippen molar-refractivity contribution in [3.63, 3.8) is 0 Å². The van der Waals surface area contributed by atoms with E-state index in [9.17, 15) is 19.7 Å². The monoisotopic (exact) mass is 396 g/mol. The second-order valence-corrected chi connectivity index (χ2v) is 7.10. The van der Waals surface area contributed by atoms with Gasteiger partial charge in [-0.15, -0.1) is 0 Å². The van der Waals surface area contributed by atoms with Crippen LogP contribution in [0, 0.1) is 10.1 Å². The summed E-state index contributed by atoms with van der Waals surface area (Å²) in [6.45, 7) is 4.01. The van der Waals surface area contributed by atoms with Crippen molar-refractivity contribution in [2.45, 2.75) is 13.5 Å². The molecule has 0 saturated carbocycles. The maximum atomic E-state index is 12.8. The van der Waals surface area contributed by atoms with Crippen LogP contribution in [-0.2, 0) is 11.3 Å². The van der Waals surface area contributed by atoms with Crippen molar-refractivity contribution in [3.8, 4) is 0 Å². The highest BCUT2D eigenvalue weighted by Gasteiger charge is 2.26. The molecule has 1 heterocycles. The molecule has 2 aromatic carbocycles. The van der Waals surface area contributed by atoms with Crippen LogP contribution in [0.1, 0.15) is 22.8 Å². The van der Waals surface area contributed by atoms with E-state index in [0.717, 1.165) is 5.56 Å². The molecule has 0 N–H and O–H groups in total. The Morgan fingerprint density at radius 3 is 2.31 bits per heavy atom. The van der Waals surface area contributed by atoms with Crippen LogP contribution in [0.15, 0.2) is 48.5 Å². The predicted octanol–water partition coefficient (Wildman–Crippen LogP) is 2.54. The zero-order valence-corrected chi connectivity index (χ0v) is 16.6. The number of hydrogen-bond donors (Lipinski definition) is 0. The molecule has 2 amide bonds. The molecule has 0 atom stereocenters. The lowest BCUT2D eigenvalue weighted by Crippen LogP contribution is -2.48. The summed E-state index contributed by atoms with van der Waals surface area (Å²) in [6, 6.07) is 14.2. The SMILES string of the molecule is CC(=O)N1CCN(c2ccc(C(=O)N(C)Cc3ccccc3)cc2[N+](=O)[O-])CC1. The van der Waals surface area contributed by atoms with Gasteiger partial charge in [0.2, 0.25) is 5.91 Å². The quantitative estimate of drug-likeness (QED) is 0.573. The van der Waals surface area contributed by atoms with Crippen molar-refractivity contribution in [1.29, 1.82) is 0 Å². The maximum Gasteiger partial charge on any atom is 0.293 e. The number of benzene rings is 2. The second kappa shape index (κ2) is 8.72. The standard InChI is InChI=1S/C21H24N4O4/c1-16(26)23-10-12-24(13-11-23)19-9-8-18(14-20(19)25(28)29)21(27)22(2)15-17-6-4-3-5-7-17/h3-9,14H,10-13,15H2,1-2H3. The van der Waals surface area contributed by atoms with Crippen LogP contribution in [0.3, 0.4) is 0 Å². The first-order valence-electron chi connectivity index (χ1n) is 9.45. The molecule has 1 fully saturated rings. The molecule has 0 aromatic heterocycles. The highest BCUT2D eigenvalue weighted by atomic mass is 16.6. The van der Waals surface area contributed by atoms with Gasteiger partial charge in [0.25, 0.3) is 11.6 Å². The zero-order chi connectivity index (χ0) is 21.0. The minimum absolute atomic E-state index is 0.00143. The largest absolute Gasteiger partial charge is 0.362 e. The van der Waals surface area contributed by atoms with Gasteiger partial charge in [-0.25, -0.2) is 0 Å². The molecule has 0 aliphatic carbocycles. The molecule has 8 heteroatoms. The summed E-state index contributed by atoms with van der Waals surface area (Å²) in [7, 11) is 1.68. The molecule has 3 rings (SSSR count). The second-order valence-electron chi connectivity index (χ2n) is 7.10. The zero-order valence-electron chi connectivity index (χ0n) is 16.6. The Morgan fingerprint density at radius 1 is 1.07 bits per heavy atom. The van der Waals surface area contributed by atoms with E-state index in [-0.39, 0.29) is 23.1 Å². The van der Waals surface area contributed by atoms with Crippen molar-refractivity contribution in [3.05, 3.63) is 69.8 Å². The van der Waals surface area contributed by atoms with Gasteiger partial charge in [0.1, 0.15) is 5.69 Å². The Kier molecular flexibility index (Phi) is 6.11. The van der Waals surface area contributed by atoms with E-state index >= 15 is 0 Å². The van der Waals surface area contributed by atoms with E-state index in [4.69, 9.17) is 0 Å². The Labute approximate surface area is 169 Å². The lowest BCUT2D eigenvalue weighted by Gasteiger charge is -2.35. The van der Waals surface area contributed by atoms with Crippen LogP contribution in [0.5, 0.6) is 0 Å². The summed E-state index contributed by atoms with van der Waals surface area (Å²) >= 11 is 0. The normalized spacial score (nSPS) is 13.9. The van der Waals surface area contributed by atoms with Crippen LogP contribution in [0.2, 0.25) is 0 Å². The van der Waals surface area contributed by atoms with Crippen LogP contribution in [0.4, 0.5) is 11.4 Å². The Morgan fingerprint density at radius 2 is 1.72 bits per heavy atom. The molecule has 2 aromatic rings.